The number of allylic oxidation sites excluding steroid dienone is 2. The number of ether oxygens (including phenoxy) is 1. The molecule has 0 bridgehead atoms. The largest absolute Gasteiger partial charge is 0.495 e. The summed E-state index contributed by atoms with van der Waals surface area (Å²) < 4.78 is 16.5. The molecule has 21 heavy (non-hydrogen) atoms. The van der Waals surface area contributed by atoms with Crippen LogP contribution in [0.15, 0.2) is 49.7 Å². The third-order valence-corrected chi connectivity index (χ3v) is 3.45. The van der Waals surface area contributed by atoms with Gasteiger partial charge in [0.15, 0.2) is 0 Å². The van der Waals surface area contributed by atoms with Crippen LogP contribution >= 0.6 is 0 Å². The summed E-state index contributed by atoms with van der Waals surface area (Å²) >= 11 is 0. The predicted octanol–water partition coefficient (Wildman–Crippen LogP) is 4.06. The van der Waals surface area contributed by atoms with Crippen LogP contribution in [0.4, 0.5) is 0 Å². The number of hydrogen-bond donors (Lipinski definition) is 0. The Kier molecular flexibility index (Phi) is 3.29. The van der Waals surface area contributed by atoms with Gasteiger partial charge in [0.1, 0.15) is 16.9 Å². The molecule has 2 aromatic heterocycles. The van der Waals surface area contributed by atoms with Crippen molar-refractivity contribution in [2.45, 2.75) is 20.3 Å². The van der Waals surface area contributed by atoms with E-state index in [4.69, 9.17) is 13.6 Å². The lowest BCUT2D eigenvalue weighted by atomic mass is 10.0. The van der Waals surface area contributed by atoms with E-state index in [1.807, 2.05) is 19.9 Å². The number of methoxy groups -OCH3 is 1. The zero-order chi connectivity index (χ0) is 15.0. The summed E-state index contributed by atoms with van der Waals surface area (Å²) in [6, 6.07) is 5.00. The van der Waals surface area contributed by atoms with Gasteiger partial charge >= 0.3 is 5.63 Å². The molecule has 4 heteroatoms. The molecule has 0 saturated heterocycles. The number of rotatable bonds is 3. The van der Waals surface area contributed by atoms with E-state index in [2.05, 4.69) is 6.08 Å². The van der Waals surface area contributed by atoms with Crippen molar-refractivity contribution in [3.63, 3.8) is 0 Å². The van der Waals surface area contributed by atoms with Gasteiger partial charge in [-0.1, -0.05) is 11.6 Å². The van der Waals surface area contributed by atoms with Crippen LogP contribution in [0.1, 0.15) is 19.4 Å². The maximum atomic E-state index is 11.6. The van der Waals surface area contributed by atoms with Gasteiger partial charge in [-0.2, -0.15) is 0 Å². The molecule has 4 nitrogen and oxygen atoms in total. The van der Waals surface area contributed by atoms with Crippen LogP contribution in [-0.4, -0.2) is 7.11 Å². The molecule has 2 heterocycles. The quantitative estimate of drug-likeness (QED) is 0.537. The van der Waals surface area contributed by atoms with E-state index in [1.165, 1.54) is 11.6 Å². The average molecular weight is 284 g/mol. The Labute approximate surface area is 121 Å². The Bertz CT molecular complexity index is 892. The van der Waals surface area contributed by atoms with Gasteiger partial charge in [0.25, 0.3) is 0 Å². The zero-order valence-corrected chi connectivity index (χ0v) is 12.2. The lowest BCUT2D eigenvalue weighted by Crippen LogP contribution is -1.99. The Morgan fingerprint density at radius 3 is 2.67 bits per heavy atom. The molecule has 0 radical (unpaired) electrons. The van der Waals surface area contributed by atoms with E-state index in [-0.39, 0.29) is 5.63 Å². The fraction of sp³-hybridized carbons (Fsp3) is 0.235. The van der Waals surface area contributed by atoms with Crippen molar-refractivity contribution >= 4 is 21.9 Å². The highest BCUT2D eigenvalue weighted by Gasteiger charge is 2.18. The van der Waals surface area contributed by atoms with Gasteiger partial charge in [0, 0.05) is 11.6 Å². The molecule has 0 aliphatic heterocycles. The van der Waals surface area contributed by atoms with Crippen LogP contribution in [-0.2, 0) is 6.42 Å². The molecule has 0 atom stereocenters. The van der Waals surface area contributed by atoms with Crippen molar-refractivity contribution in [1.29, 1.82) is 0 Å². The molecule has 3 rings (SSSR count). The highest BCUT2D eigenvalue weighted by molar-refractivity contribution is 6.04. The van der Waals surface area contributed by atoms with E-state index in [0.29, 0.717) is 23.3 Å². The van der Waals surface area contributed by atoms with Gasteiger partial charge in [0.2, 0.25) is 0 Å². The van der Waals surface area contributed by atoms with Crippen molar-refractivity contribution in [2.24, 2.45) is 0 Å². The number of fused-ring (bicyclic) bond motifs is 2. The molecule has 0 aliphatic carbocycles. The monoisotopic (exact) mass is 284 g/mol. The van der Waals surface area contributed by atoms with Crippen LogP contribution < -0.4 is 10.4 Å². The predicted molar refractivity (Wildman–Crippen MR) is 81.9 cm³/mol. The zero-order valence-electron chi connectivity index (χ0n) is 12.2. The molecule has 0 saturated carbocycles. The molecule has 0 amide bonds. The van der Waals surface area contributed by atoms with Crippen LogP contribution in [0, 0.1) is 0 Å². The first-order valence-corrected chi connectivity index (χ1v) is 6.75. The van der Waals surface area contributed by atoms with Crippen LogP contribution in [0.2, 0.25) is 0 Å². The highest BCUT2D eigenvalue weighted by atomic mass is 16.5. The SMILES string of the molecule is COc1c2ccoc2c(CC=C(C)C)c2oc(=O)ccc12. The lowest BCUT2D eigenvalue weighted by molar-refractivity contribution is 0.423. The van der Waals surface area contributed by atoms with E-state index in [1.54, 1.807) is 19.4 Å². The van der Waals surface area contributed by atoms with Crippen molar-refractivity contribution in [1.82, 2.24) is 0 Å². The van der Waals surface area contributed by atoms with E-state index in [9.17, 15) is 4.79 Å². The second-order valence-electron chi connectivity index (χ2n) is 5.16. The van der Waals surface area contributed by atoms with Gasteiger partial charge in [-0.25, -0.2) is 4.79 Å². The Morgan fingerprint density at radius 2 is 1.95 bits per heavy atom. The van der Waals surface area contributed by atoms with Crippen LogP contribution in [0.25, 0.3) is 21.9 Å². The minimum Gasteiger partial charge on any atom is -0.495 e. The molecule has 1 aromatic carbocycles. The van der Waals surface area contributed by atoms with Crippen LogP contribution in [0.3, 0.4) is 0 Å². The van der Waals surface area contributed by atoms with Gasteiger partial charge in [-0.15, -0.1) is 0 Å². The third-order valence-electron chi connectivity index (χ3n) is 3.45. The first-order valence-electron chi connectivity index (χ1n) is 6.75. The molecule has 0 fully saturated rings. The highest BCUT2D eigenvalue weighted by Crippen LogP contribution is 2.38. The average Bonchev–Trinajstić information content (AvgIpc) is 2.92. The first-order chi connectivity index (χ1) is 10.1. The number of hydrogen-bond acceptors (Lipinski definition) is 4. The van der Waals surface area contributed by atoms with Gasteiger partial charge < -0.3 is 13.6 Å². The summed E-state index contributed by atoms with van der Waals surface area (Å²) in [7, 11) is 1.60. The minimum absolute atomic E-state index is 0.381. The second-order valence-corrected chi connectivity index (χ2v) is 5.16. The third kappa shape index (κ3) is 2.23. The smallest absolute Gasteiger partial charge is 0.336 e. The summed E-state index contributed by atoms with van der Waals surface area (Å²) in [5, 5.41) is 1.67. The fourth-order valence-corrected chi connectivity index (χ4v) is 2.50. The summed E-state index contributed by atoms with van der Waals surface area (Å²) in [5.74, 6) is 0.665. The van der Waals surface area contributed by atoms with Crippen LogP contribution in [0.5, 0.6) is 5.75 Å². The molecule has 108 valence electrons. The van der Waals surface area contributed by atoms with Gasteiger partial charge in [-0.3, -0.25) is 0 Å². The fourth-order valence-electron chi connectivity index (χ4n) is 2.50. The molecule has 0 unspecified atom stereocenters. The van der Waals surface area contributed by atoms with Crippen molar-refractivity contribution in [2.75, 3.05) is 7.11 Å². The normalized spacial score (nSPS) is 11.0. The van der Waals surface area contributed by atoms with Crippen molar-refractivity contribution in [3.8, 4) is 5.75 Å². The Morgan fingerprint density at radius 1 is 1.19 bits per heavy atom. The van der Waals surface area contributed by atoms with Crippen molar-refractivity contribution < 1.29 is 13.6 Å². The van der Waals surface area contributed by atoms with Crippen molar-refractivity contribution in [3.05, 3.63) is 52.1 Å². The minimum atomic E-state index is -0.381. The molecular formula is C17H16O4. The van der Waals surface area contributed by atoms with E-state index < -0.39 is 0 Å². The molecule has 3 aromatic rings. The molecule has 0 spiro atoms. The Hall–Kier alpha value is -2.49. The standard InChI is InChI=1S/C17H16O4/c1-10(2)4-5-12-16-13(8-9-20-16)15(19-3)11-6-7-14(18)21-17(11)12/h4,6-9H,5H2,1-3H3. The number of benzene rings is 1. The van der Waals surface area contributed by atoms with E-state index in [0.717, 1.165) is 16.3 Å². The topological polar surface area (TPSA) is 52.6 Å². The first kappa shape index (κ1) is 13.5. The molecule has 0 aliphatic rings. The summed E-state index contributed by atoms with van der Waals surface area (Å²) in [5.41, 5.74) is 2.90. The number of furan rings is 1. The maximum Gasteiger partial charge on any atom is 0.336 e. The maximum absolute atomic E-state index is 11.6. The van der Waals surface area contributed by atoms with Gasteiger partial charge in [0.05, 0.1) is 24.1 Å². The van der Waals surface area contributed by atoms with E-state index >= 15 is 0 Å². The second kappa shape index (κ2) is 5.13. The molecule has 0 N–H and O–H groups in total. The Balaban J connectivity index is 2.45. The van der Waals surface area contributed by atoms with Gasteiger partial charge in [-0.05, 0) is 32.4 Å². The lowest BCUT2D eigenvalue weighted by Gasteiger charge is -2.10. The summed E-state index contributed by atoms with van der Waals surface area (Å²) in [6.07, 6.45) is 4.34. The summed E-state index contributed by atoms with van der Waals surface area (Å²) in [4.78, 5) is 11.6. The molecular weight excluding hydrogens is 268 g/mol. The summed E-state index contributed by atoms with van der Waals surface area (Å²) in [6.45, 7) is 4.06.